The molecule has 0 aliphatic rings. The predicted octanol–water partition coefficient (Wildman–Crippen LogP) is 4.13. The maximum Gasteiger partial charge on any atom is 0.269 e. The quantitative estimate of drug-likeness (QED) is 0.451. The Morgan fingerprint density at radius 2 is 1.72 bits per heavy atom. The zero-order chi connectivity index (χ0) is 22.7. The summed E-state index contributed by atoms with van der Waals surface area (Å²) in [5.74, 6) is 0.0400. The number of carbonyl (C=O) groups excluding carboxylic acids is 2. The number of benzene rings is 2. The van der Waals surface area contributed by atoms with Crippen LogP contribution in [0.2, 0.25) is 10.0 Å². The largest absolute Gasteiger partial charge is 0.457 e. The fraction of sp³-hybridized carbons (Fsp3) is 0.0476. The molecule has 0 aliphatic carbocycles. The Labute approximate surface area is 191 Å². The Kier molecular flexibility index (Phi) is 6.11. The number of pyridine rings is 1. The second kappa shape index (κ2) is 9.13. The van der Waals surface area contributed by atoms with E-state index in [0.717, 1.165) is 0 Å². The fourth-order valence-electron chi connectivity index (χ4n) is 2.74. The molecule has 0 bridgehead atoms. The van der Waals surface area contributed by atoms with Crippen molar-refractivity contribution in [3.8, 4) is 11.5 Å². The van der Waals surface area contributed by atoms with Crippen LogP contribution in [-0.2, 0) is 0 Å². The molecule has 0 unspecified atom stereocenters. The number of aromatic nitrogens is 4. The molecule has 9 nitrogen and oxygen atoms in total. The van der Waals surface area contributed by atoms with E-state index in [1.54, 1.807) is 30.3 Å². The third kappa shape index (κ3) is 4.74. The Hall–Kier alpha value is -3.82. The van der Waals surface area contributed by atoms with Gasteiger partial charge in [-0.3, -0.25) is 19.9 Å². The van der Waals surface area contributed by atoms with Crippen LogP contribution in [0.25, 0.3) is 11.0 Å². The van der Waals surface area contributed by atoms with Crippen LogP contribution in [0.3, 0.4) is 0 Å². The summed E-state index contributed by atoms with van der Waals surface area (Å²) in [5.41, 5.74) is 1.39. The molecule has 0 saturated carbocycles. The minimum absolute atomic E-state index is 0.00326. The summed E-state index contributed by atoms with van der Waals surface area (Å²) in [6.45, 7) is 0. The van der Waals surface area contributed by atoms with E-state index in [1.807, 2.05) is 0 Å². The molecule has 0 aliphatic heterocycles. The summed E-state index contributed by atoms with van der Waals surface area (Å²) in [4.78, 5) is 32.6. The van der Waals surface area contributed by atoms with Gasteiger partial charge in [-0.05, 0) is 36.4 Å². The zero-order valence-electron chi connectivity index (χ0n) is 16.5. The number of hydrogen-bond acceptors (Lipinski definition) is 7. The molecule has 2 aromatic heterocycles. The summed E-state index contributed by atoms with van der Waals surface area (Å²) < 4.78 is 5.81. The molecule has 2 N–H and O–H groups in total. The van der Waals surface area contributed by atoms with Crippen molar-refractivity contribution >= 4 is 52.0 Å². The SMILES string of the molecule is CNC(=O)c1cc(Oc2ccc3nnc(NC(=O)c4ccc(Cl)cc4Cl)nc3c2)ccn1. The molecule has 32 heavy (non-hydrogen) atoms. The van der Waals surface area contributed by atoms with Gasteiger partial charge in [-0.2, -0.15) is 0 Å². The van der Waals surface area contributed by atoms with Crippen molar-refractivity contribution in [1.82, 2.24) is 25.5 Å². The van der Waals surface area contributed by atoms with E-state index >= 15 is 0 Å². The maximum absolute atomic E-state index is 12.5. The van der Waals surface area contributed by atoms with Crippen LogP contribution in [0.1, 0.15) is 20.8 Å². The van der Waals surface area contributed by atoms with Crippen molar-refractivity contribution in [3.63, 3.8) is 0 Å². The number of fused-ring (bicyclic) bond motifs is 1. The molecule has 2 aromatic carbocycles. The van der Waals surface area contributed by atoms with Crippen LogP contribution in [0.4, 0.5) is 5.95 Å². The van der Waals surface area contributed by atoms with Gasteiger partial charge >= 0.3 is 0 Å². The van der Waals surface area contributed by atoms with Crippen molar-refractivity contribution in [2.24, 2.45) is 0 Å². The number of nitrogens with one attached hydrogen (secondary N) is 2. The second-order valence-electron chi connectivity index (χ2n) is 6.42. The summed E-state index contributed by atoms with van der Waals surface area (Å²) in [7, 11) is 1.52. The van der Waals surface area contributed by atoms with Gasteiger partial charge in [-0.15, -0.1) is 10.2 Å². The zero-order valence-corrected chi connectivity index (χ0v) is 18.0. The molecular weight excluding hydrogens is 455 g/mol. The first-order valence-electron chi connectivity index (χ1n) is 9.20. The Morgan fingerprint density at radius 3 is 2.50 bits per heavy atom. The van der Waals surface area contributed by atoms with E-state index in [1.165, 1.54) is 31.4 Å². The van der Waals surface area contributed by atoms with Gasteiger partial charge < -0.3 is 10.1 Å². The van der Waals surface area contributed by atoms with Gasteiger partial charge in [0.25, 0.3) is 11.8 Å². The average Bonchev–Trinajstić information content (AvgIpc) is 2.78. The number of rotatable bonds is 5. The van der Waals surface area contributed by atoms with Gasteiger partial charge in [0.15, 0.2) is 0 Å². The van der Waals surface area contributed by atoms with Gasteiger partial charge in [0.2, 0.25) is 5.95 Å². The van der Waals surface area contributed by atoms with Gasteiger partial charge in [-0.25, -0.2) is 4.98 Å². The monoisotopic (exact) mass is 468 g/mol. The van der Waals surface area contributed by atoms with Crippen LogP contribution >= 0.6 is 23.2 Å². The highest BCUT2D eigenvalue weighted by atomic mass is 35.5. The normalized spacial score (nSPS) is 10.6. The number of amides is 2. The van der Waals surface area contributed by atoms with Crippen molar-refractivity contribution in [2.45, 2.75) is 0 Å². The summed E-state index contributed by atoms with van der Waals surface area (Å²) in [6.07, 6.45) is 1.47. The summed E-state index contributed by atoms with van der Waals surface area (Å²) in [5, 5.41) is 13.7. The lowest BCUT2D eigenvalue weighted by molar-refractivity contribution is 0.0957. The first-order valence-corrected chi connectivity index (χ1v) is 9.95. The molecule has 160 valence electrons. The average molecular weight is 469 g/mol. The maximum atomic E-state index is 12.5. The standard InChI is InChI=1S/C21H14Cl2N6O3/c1-24-20(31)18-10-13(6-7-25-18)32-12-3-5-16-17(9-12)26-21(29-28-16)27-19(30)14-4-2-11(22)8-15(14)23/h2-10H,1H3,(H,24,31)(H,26,27,29,30). The minimum Gasteiger partial charge on any atom is -0.457 e. The lowest BCUT2D eigenvalue weighted by Crippen LogP contribution is -2.18. The fourth-order valence-corrected chi connectivity index (χ4v) is 3.23. The van der Waals surface area contributed by atoms with Crippen LogP contribution in [0.15, 0.2) is 54.7 Å². The van der Waals surface area contributed by atoms with E-state index in [4.69, 9.17) is 27.9 Å². The Balaban J connectivity index is 1.56. The van der Waals surface area contributed by atoms with Crippen molar-refractivity contribution in [3.05, 3.63) is 76.0 Å². The van der Waals surface area contributed by atoms with Gasteiger partial charge in [0.05, 0.1) is 16.1 Å². The van der Waals surface area contributed by atoms with Crippen molar-refractivity contribution in [1.29, 1.82) is 0 Å². The highest BCUT2D eigenvalue weighted by Crippen LogP contribution is 2.25. The molecule has 0 fully saturated rings. The van der Waals surface area contributed by atoms with Crippen molar-refractivity contribution in [2.75, 3.05) is 12.4 Å². The smallest absolute Gasteiger partial charge is 0.269 e. The second-order valence-corrected chi connectivity index (χ2v) is 7.27. The lowest BCUT2D eigenvalue weighted by Gasteiger charge is -2.08. The molecule has 0 atom stereocenters. The van der Waals surface area contributed by atoms with Gasteiger partial charge in [0, 0.05) is 30.4 Å². The lowest BCUT2D eigenvalue weighted by atomic mass is 10.2. The molecule has 0 saturated heterocycles. The highest BCUT2D eigenvalue weighted by molar-refractivity contribution is 6.37. The molecule has 0 radical (unpaired) electrons. The molecule has 2 heterocycles. The van der Waals surface area contributed by atoms with E-state index in [2.05, 4.69) is 30.8 Å². The molecule has 0 spiro atoms. The van der Waals surface area contributed by atoms with E-state index in [0.29, 0.717) is 27.6 Å². The number of ether oxygens (including phenoxy) is 1. The topological polar surface area (TPSA) is 119 Å². The molecular formula is C21H14Cl2N6O3. The first kappa shape index (κ1) is 21.4. The Morgan fingerprint density at radius 1 is 0.906 bits per heavy atom. The number of halogens is 2. The van der Waals surface area contributed by atoms with E-state index in [-0.39, 0.29) is 28.1 Å². The number of carbonyl (C=O) groups is 2. The minimum atomic E-state index is -0.501. The van der Waals surface area contributed by atoms with Crippen molar-refractivity contribution < 1.29 is 14.3 Å². The highest BCUT2D eigenvalue weighted by Gasteiger charge is 2.14. The predicted molar refractivity (Wildman–Crippen MR) is 119 cm³/mol. The third-order valence-electron chi connectivity index (χ3n) is 4.25. The third-order valence-corrected chi connectivity index (χ3v) is 4.80. The Bertz CT molecular complexity index is 1350. The van der Waals surface area contributed by atoms with E-state index in [9.17, 15) is 9.59 Å². The first-order chi connectivity index (χ1) is 15.4. The van der Waals surface area contributed by atoms with Crippen LogP contribution in [0.5, 0.6) is 11.5 Å². The van der Waals surface area contributed by atoms with Crippen LogP contribution in [-0.4, -0.2) is 39.0 Å². The van der Waals surface area contributed by atoms with Gasteiger partial charge in [-0.1, -0.05) is 23.2 Å². The van der Waals surface area contributed by atoms with E-state index < -0.39 is 5.91 Å². The molecule has 11 heteroatoms. The number of hydrogen-bond donors (Lipinski definition) is 2. The number of nitrogens with zero attached hydrogens (tertiary/aromatic N) is 4. The molecule has 4 rings (SSSR count). The van der Waals surface area contributed by atoms with Crippen LogP contribution in [0, 0.1) is 0 Å². The molecule has 2 amide bonds. The molecule has 4 aromatic rings. The van der Waals surface area contributed by atoms with Gasteiger partial charge in [0.1, 0.15) is 22.7 Å². The van der Waals surface area contributed by atoms with Crippen LogP contribution < -0.4 is 15.4 Å². The summed E-state index contributed by atoms with van der Waals surface area (Å²) >= 11 is 11.9. The number of anilines is 1. The summed E-state index contributed by atoms with van der Waals surface area (Å²) in [6, 6.07) is 12.7.